The fourth-order valence-electron chi connectivity index (χ4n) is 5.38. The molecule has 0 aromatic heterocycles. The number of ether oxygens (including phenoxy) is 1. The number of methoxy groups -OCH3 is 1. The molecule has 0 aliphatic carbocycles. The topological polar surface area (TPSA) is 43.0 Å². The van der Waals surface area contributed by atoms with Gasteiger partial charge >= 0.3 is 0 Å². The van der Waals surface area contributed by atoms with E-state index in [4.69, 9.17) is 17.0 Å². The van der Waals surface area contributed by atoms with E-state index >= 15 is 0 Å². The van der Waals surface area contributed by atoms with Crippen LogP contribution in [0.1, 0.15) is 12.8 Å². The zero-order valence-corrected chi connectivity index (χ0v) is 19.4. The summed E-state index contributed by atoms with van der Waals surface area (Å²) in [5, 5.41) is 7.33. The van der Waals surface area contributed by atoms with Crippen LogP contribution in [0.25, 0.3) is 0 Å². The number of benzene rings is 1. The van der Waals surface area contributed by atoms with Crippen LogP contribution in [-0.2, 0) is 4.74 Å². The van der Waals surface area contributed by atoms with E-state index < -0.39 is 0 Å². The van der Waals surface area contributed by atoms with E-state index in [1.165, 1.54) is 32.5 Å². The maximum absolute atomic E-state index is 13.2. The summed E-state index contributed by atoms with van der Waals surface area (Å²) >= 11 is 5.38. The van der Waals surface area contributed by atoms with Crippen LogP contribution in [0, 0.1) is 17.7 Å². The molecule has 2 bridgehead atoms. The predicted octanol–water partition coefficient (Wildman–Crippen LogP) is 1.77. The summed E-state index contributed by atoms with van der Waals surface area (Å²) in [5.74, 6) is 1.43. The molecule has 4 heterocycles. The third kappa shape index (κ3) is 6.06. The molecule has 4 fully saturated rings. The van der Waals surface area contributed by atoms with E-state index in [1.807, 2.05) is 12.1 Å². The van der Waals surface area contributed by atoms with Crippen molar-refractivity contribution in [2.24, 2.45) is 11.8 Å². The fourth-order valence-corrected chi connectivity index (χ4v) is 5.57. The van der Waals surface area contributed by atoms with Gasteiger partial charge in [0, 0.05) is 71.2 Å². The second kappa shape index (κ2) is 10.9. The molecule has 5 rings (SSSR count). The van der Waals surface area contributed by atoms with Gasteiger partial charge in [-0.1, -0.05) is 0 Å². The molecular weight excluding hydrogens is 413 g/mol. The quantitative estimate of drug-likeness (QED) is 0.463. The first kappa shape index (κ1) is 22.7. The Morgan fingerprint density at radius 1 is 1.13 bits per heavy atom. The Morgan fingerprint density at radius 3 is 2.58 bits per heavy atom. The Kier molecular flexibility index (Phi) is 7.98. The van der Waals surface area contributed by atoms with Crippen molar-refractivity contribution in [2.75, 3.05) is 77.5 Å². The first-order valence-electron chi connectivity index (χ1n) is 11.6. The summed E-state index contributed by atoms with van der Waals surface area (Å²) < 4.78 is 18.2. The standard InChI is InChI=1S/C23H36FN5OS/c1-30-13-7-25-23(31)26-15-22-14-18-6-8-29(22)17-19(18)16-27-9-11-28(12-10-27)21-4-2-20(24)3-5-21/h2-5,18-19,22H,6-17H2,1H3,(H2,25,26,31)/t18-,19-,22+/m0/s1. The molecule has 4 saturated heterocycles. The lowest BCUT2D eigenvalue weighted by Gasteiger charge is -2.51. The van der Waals surface area contributed by atoms with Crippen LogP contribution in [0.2, 0.25) is 0 Å². The van der Waals surface area contributed by atoms with Crippen LogP contribution >= 0.6 is 12.2 Å². The number of anilines is 1. The maximum Gasteiger partial charge on any atom is 0.166 e. The van der Waals surface area contributed by atoms with Crippen LogP contribution in [-0.4, -0.2) is 93.6 Å². The molecule has 1 aromatic rings. The Labute approximate surface area is 191 Å². The molecule has 8 heteroatoms. The van der Waals surface area contributed by atoms with Gasteiger partial charge in [0.05, 0.1) is 6.61 Å². The minimum atomic E-state index is -0.164. The van der Waals surface area contributed by atoms with Crippen molar-refractivity contribution in [3.05, 3.63) is 30.1 Å². The van der Waals surface area contributed by atoms with E-state index in [0.717, 1.165) is 61.9 Å². The number of nitrogens with one attached hydrogen (secondary N) is 2. The van der Waals surface area contributed by atoms with Gasteiger partial charge in [-0.15, -0.1) is 0 Å². The largest absolute Gasteiger partial charge is 0.383 e. The van der Waals surface area contributed by atoms with Gasteiger partial charge in [-0.2, -0.15) is 0 Å². The summed E-state index contributed by atoms with van der Waals surface area (Å²) in [5.41, 5.74) is 1.13. The number of piperidine rings is 3. The summed E-state index contributed by atoms with van der Waals surface area (Å²) in [7, 11) is 1.70. The van der Waals surface area contributed by atoms with Crippen LogP contribution in [0.4, 0.5) is 10.1 Å². The van der Waals surface area contributed by atoms with Gasteiger partial charge in [0.25, 0.3) is 0 Å². The third-order valence-corrected chi connectivity index (χ3v) is 7.45. The van der Waals surface area contributed by atoms with Gasteiger partial charge < -0.3 is 20.3 Å². The highest BCUT2D eigenvalue weighted by atomic mass is 32.1. The normalized spacial score (nSPS) is 28.5. The lowest BCUT2D eigenvalue weighted by Crippen LogP contribution is -2.59. The number of nitrogens with zero attached hydrogens (tertiary/aromatic N) is 3. The molecule has 0 amide bonds. The second-order valence-electron chi connectivity index (χ2n) is 9.09. The van der Waals surface area contributed by atoms with Crippen LogP contribution in [0.5, 0.6) is 0 Å². The molecule has 4 aliphatic heterocycles. The molecule has 0 saturated carbocycles. The number of rotatable bonds is 8. The van der Waals surface area contributed by atoms with Crippen molar-refractivity contribution in [1.82, 2.24) is 20.4 Å². The molecule has 4 aliphatic rings. The van der Waals surface area contributed by atoms with Crippen LogP contribution < -0.4 is 15.5 Å². The van der Waals surface area contributed by atoms with Crippen LogP contribution in [0.3, 0.4) is 0 Å². The number of thiocarbonyl (C=S) groups is 1. The molecule has 1 unspecified atom stereocenters. The van der Waals surface area contributed by atoms with Crippen molar-refractivity contribution in [3.63, 3.8) is 0 Å². The van der Waals surface area contributed by atoms with E-state index in [-0.39, 0.29) is 5.82 Å². The Bertz CT molecular complexity index is 712. The molecular formula is C23H36FN5OS. The number of hydrogen-bond donors (Lipinski definition) is 2. The molecule has 31 heavy (non-hydrogen) atoms. The highest BCUT2D eigenvalue weighted by Crippen LogP contribution is 2.36. The van der Waals surface area contributed by atoms with E-state index in [2.05, 4.69) is 25.3 Å². The van der Waals surface area contributed by atoms with Gasteiger partial charge in [-0.25, -0.2) is 4.39 Å². The predicted molar refractivity (Wildman–Crippen MR) is 127 cm³/mol. The summed E-state index contributed by atoms with van der Waals surface area (Å²) in [6.07, 6.45) is 2.60. The first-order valence-corrected chi connectivity index (χ1v) is 12.0. The van der Waals surface area contributed by atoms with Crippen molar-refractivity contribution >= 4 is 23.0 Å². The van der Waals surface area contributed by atoms with Gasteiger partial charge in [0.2, 0.25) is 0 Å². The summed E-state index contributed by atoms with van der Waals surface area (Å²) in [4.78, 5) is 7.68. The smallest absolute Gasteiger partial charge is 0.166 e. The van der Waals surface area contributed by atoms with Crippen LogP contribution in [0.15, 0.2) is 24.3 Å². The number of piperazine rings is 1. The van der Waals surface area contributed by atoms with Gasteiger partial charge in [-0.3, -0.25) is 9.80 Å². The maximum atomic E-state index is 13.2. The minimum absolute atomic E-state index is 0.164. The highest BCUT2D eigenvalue weighted by molar-refractivity contribution is 7.80. The van der Waals surface area contributed by atoms with Crippen molar-refractivity contribution < 1.29 is 9.13 Å². The van der Waals surface area contributed by atoms with Gasteiger partial charge in [0.15, 0.2) is 5.11 Å². The molecule has 0 spiro atoms. The van der Waals surface area contributed by atoms with E-state index in [9.17, 15) is 4.39 Å². The molecule has 2 N–H and O–H groups in total. The first-order chi connectivity index (χ1) is 15.1. The monoisotopic (exact) mass is 449 g/mol. The second-order valence-corrected chi connectivity index (χ2v) is 9.50. The van der Waals surface area contributed by atoms with E-state index in [1.54, 1.807) is 19.2 Å². The lowest BCUT2D eigenvalue weighted by atomic mass is 9.75. The van der Waals surface area contributed by atoms with Crippen molar-refractivity contribution in [2.45, 2.75) is 18.9 Å². The number of fused-ring (bicyclic) bond motifs is 3. The van der Waals surface area contributed by atoms with E-state index in [0.29, 0.717) is 12.6 Å². The zero-order valence-electron chi connectivity index (χ0n) is 18.6. The fraction of sp³-hybridized carbons (Fsp3) is 0.696. The molecule has 6 nitrogen and oxygen atoms in total. The molecule has 1 aromatic carbocycles. The number of halogens is 1. The minimum Gasteiger partial charge on any atom is -0.383 e. The third-order valence-electron chi connectivity index (χ3n) is 7.16. The highest BCUT2D eigenvalue weighted by Gasteiger charge is 2.40. The lowest BCUT2D eigenvalue weighted by molar-refractivity contribution is -0.0110. The SMILES string of the molecule is COCCNC(=S)NC[C@H]1C[C@@H]2CCN1C[C@@H]2CN1CCN(c2ccc(F)cc2)CC1. The molecule has 4 atom stereocenters. The van der Waals surface area contributed by atoms with Gasteiger partial charge in [-0.05, 0) is 67.7 Å². The Balaban J connectivity index is 1.19. The molecule has 172 valence electrons. The Hall–Kier alpha value is -1.48. The average molecular weight is 450 g/mol. The van der Waals surface area contributed by atoms with Crippen molar-refractivity contribution in [1.29, 1.82) is 0 Å². The van der Waals surface area contributed by atoms with Crippen molar-refractivity contribution in [3.8, 4) is 0 Å². The Morgan fingerprint density at radius 2 is 1.90 bits per heavy atom. The summed E-state index contributed by atoms with van der Waals surface area (Å²) in [6.45, 7) is 10.2. The van der Waals surface area contributed by atoms with Gasteiger partial charge in [0.1, 0.15) is 5.82 Å². The average Bonchev–Trinajstić information content (AvgIpc) is 2.80. The zero-order chi connectivity index (χ0) is 21.6. The number of hydrogen-bond acceptors (Lipinski definition) is 5. The molecule has 0 radical (unpaired) electrons. The summed E-state index contributed by atoms with van der Waals surface area (Å²) in [6, 6.07) is 7.49.